The van der Waals surface area contributed by atoms with Crippen LogP contribution >= 0.6 is 0 Å². The average molecular weight is 222 g/mol. The van der Waals surface area contributed by atoms with Crippen molar-refractivity contribution in [1.82, 2.24) is 0 Å². The molecular formula is C13H22OSi. The van der Waals surface area contributed by atoms with Gasteiger partial charge in [-0.25, -0.2) is 0 Å². The molecule has 84 valence electrons. The third kappa shape index (κ3) is 3.71. The van der Waals surface area contributed by atoms with E-state index in [0.717, 1.165) is 17.5 Å². The second-order valence-electron chi connectivity index (χ2n) is 5.64. The fourth-order valence-electron chi connectivity index (χ4n) is 1.71. The molecule has 0 amide bonds. The van der Waals surface area contributed by atoms with E-state index in [4.69, 9.17) is 0 Å². The van der Waals surface area contributed by atoms with E-state index in [1.807, 2.05) is 13.8 Å². The number of phenolic OH excluding ortho intramolecular Hbond substituents is 1. The van der Waals surface area contributed by atoms with Gasteiger partial charge in [0, 0.05) is 8.07 Å². The maximum Gasteiger partial charge on any atom is 0.121 e. The SMILES string of the molecule is Cc1cc(CC[Si](C)(C)C)cc(C)c1O. The first-order valence-corrected chi connectivity index (χ1v) is 9.29. The minimum absolute atomic E-state index is 0.451. The zero-order valence-corrected chi connectivity index (χ0v) is 11.5. The van der Waals surface area contributed by atoms with Crippen molar-refractivity contribution in [2.75, 3.05) is 0 Å². The quantitative estimate of drug-likeness (QED) is 0.769. The van der Waals surface area contributed by atoms with E-state index in [1.165, 1.54) is 11.6 Å². The molecule has 0 heterocycles. The Labute approximate surface area is 94.2 Å². The van der Waals surface area contributed by atoms with Crippen LogP contribution in [0.3, 0.4) is 0 Å². The van der Waals surface area contributed by atoms with Crippen LogP contribution in [0.4, 0.5) is 0 Å². The molecule has 0 radical (unpaired) electrons. The summed E-state index contributed by atoms with van der Waals surface area (Å²) in [5.41, 5.74) is 3.37. The fourth-order valence-corrected chi connectivity index (χ4v) is 2.75. The Bertz CT molecular complexity index is 327. The van der Waals surface area contributed by atoms with Gasteiger partial charge in [-0.3, -0.25) is 0 Å². The highest BCUT2D eigenvalue weighted by molar-refractivity contribution is 6.76. The van der Waals surface area contributed by atoms with Gasteiger partial charge in [0.05, 0.1) is 0 Å². The lowest BCUT2D eigenvalue weighted by Crippen LogP contribution is -2.19. The molecule has 2 heteroatoms. The van der Waals surface area contributed by atoms with E-state index in [-0.39, 0.29) is 0 Å². The standard InChI is InChI=1S/C13H22OSi/c1-10-8-12(6-7-15(3,4)5)9-11(2)13(10)14/h8-9,14H,6-7H2,1-5H3. The summed E-state index contributed by atoms with van der Waals surface area (Å²) < 4.78 is 0. The molecule has 1 nitrogen and oxygen atoms in total. The molecule has 1 N–H and O–H groups in total. The molecule has 0 bridgehead atoms. The van der Waals surface area contributed by atoms with Crippen LogP contribution in [-0.4, -0.2) is 13.2 Å². The van der Waals surface area contributed by atoms with Crippen molar-refractivity contribution in [2.45, 2.75) is 46.0 Å². The molecule has 0 aromatic heterocycles. The monoisotopic (exact) mass is 222 g/mol. The molecule has 0 aliphatic rings. The van der Waals surface area contributed by atoms with Crippen LogP contribution in [0, 0.1) is 13.8 Å². The van der Waals surface area contributed by atoms with Crippen LogP contribution in [0.25, 0.3) is 0 Å². The lowest BCUT2D eigenvalue weighted by atomic mass is 10.0. The molecule has 0 spiro atoms. The van der Waals surface area contributed by atoms with Gasteiger partial charge in [0.2, 0.25) is 0 Å². The van der Waals surface area contributed by atoms with Gasteiger partial charge in [0.15, 0.2) is 0 Å². The van der Waals surface area contributed by atoms with Gasteiger partial charge in [0.1, 0.15) is 5.75 Å². The Morgan fingerprint density at radius 2 is 1.53 bits per heavy atom. The maximum absolute atomic E-state index is 9.67. The van der Waals surface area contributed by atoms with Crippen LogP contribution in [0.15, 0.2) is 12.1 Å². The van der Waals surface area contributed by atoms with E-state index < -0.39 is 8.07 Å². The van der Waals surface area contributed by atoms with Gasteiger partial charge < -0.3 is 5.11 Å². The minimum atomic E-state index is -0.951. The number of hydrogen-bond donors (Lipinski definition) is 1. The lowest BCUT2D eigenvalue weighted by Gasteiger charge is -2.16. The summed E-state index contributed by atoms with van der Waals surface area (Å²) >= 11 is 0. The first-order chi connectivity index (χ1) is 6.79. The summed E-state index contributed by atoms with van der Waals surface area (Å²) in [4.78, 5) is 0. The number of hydrogen-bond acceptors (Lipinski definition) is 1. The molecule has 0 saturated heterocycles. The number of phenols is 1. The van der Waals surface area contributed by atoms with Gasteiger partial charge in [-0.05, 0) is 37.0 Å². The minimum Gasteiger partial charge on any atom is -0.507 e. The van der Waals surface area contributed by atoms with Crippen molar-refractivity contribution >= 4 is 8.07 Å². The van der Waals surface area contributed by atoms with Crippen LogP contribution in [0.1, 0.15) is 16.7 Å². The highest BCUT2D eigenvalue weighted by Gasteiger charge is 2.13. The van der Waals surface area contributed by atoms with Crippen molar-refractivity contribution in [3.8, 4) is 5.75 Å². The van der Waals surface area contributed by atoms with Gasteiger partial charge >= 0.3 is 0 Å². The van der Waals surface area contributed by atoms with Crippen molar-refractivity contribution in [2.24, 2.45) is 0 Å². The summed E-state index contributed by atoms with van der Waals surface area (Å²) in [7, 11) is -0.951. The van der Waals surface area contributed by atoms with Crippen LogP contribution in [-0.2, 0) is 6.42 Å². The second-order valence-corrected chi connectivity index (χ2v) is 11.3. The molecule has 0 aliphatic carbocycles. The van der Waals surface area contributed by atoms with E-state index in [2.05, 4.69) is 31.8 Å². The molecule has 0 unspecified atom stereocenters. The third-order valence-electron chi connectivity index (χ3n) is 2.71. The van der Waals surface area contributed by atoms with E-state index in [9.17, 15) is 5.11 Å². The first kappa shape index (κ1) is 12.3. The average Bonchev–Trinajstić information content (AvgIpc) is 2.09. The summed E-state index contributed by atoms with van der Waals surface area (Å²) in [6, 6.07) is 5.54. The van der Waals surface area contributed by atoms with Crippen molar-refractivity contribution in [3.05, 3.63) is 28.8 Å². The molecule has 0 fully saturated rings. The largest absolute Gasteiger partial charge is 0.507 e. The topological polar surface area (TPSA) is 20.2 Å². The van der Waals surface area contributed by atoms with E-state index >= 15 is 0 Å². The molecule has 1 rings (SSSR count). The Hall–Kier alpha value is -0.763. The molecule has 0 atom stereocenters. The van der Waals surface area contributed by atoms with Gasteiger partial charge in [-0.2, -0.15) is 0 Å². The van der Waals surface area contributed by atoms with E-state index in [1.54, 1.807) is 0 Å². The predicted octanol–water partition coefficient (Wildman–Crippen LogP) is 3.89. The summed E-state index contributed by atoms with van der Waals surface area (Å²) in [5.74, 6) is 0.451. The molecule has 0 saturated carbocycles. The van der Waals surface area contributed by atoms with Crippen molar-refractivity contribution in [1.29, 1.82) is 0 Å². The Balaban J connectivity index is 2.80. The summed E-state index contributed by atoms with van der Waals surface area (Å²) in [6.45, 7) is 11.1. The number of benzene rings is 1. The van der Waals surface area contributed by atoms with Crippen LogP contribution in [0.5, 0.6) is 5.75 Å². The van der Waals surface area contributed by atoms with Gasteiger partial charge in [-0.1, -0.05) is 37.8 Å². The number of aromatic hydroxyl groups is 1. The smallest absolute Gasteiger partial charge is 0.121 e. The predicted molar refractivity (Wildman–Crippen MR) is 69.4 cm³/mol. The Kier molecular flexibility index (Phi) is 3.61. The lowest BCUT2D eigenvalue weighted by molar-refractivity contribution is 0.466. The normalized spacial score (nSPS) is 11.8. The molecular weight excluding hydrogens is 200 g/mol. The van der Waals surface area contributed by atoms with Crippen molar-refractivity contribution in [3.63, 3.8) is 0 Å². The summed E-state index contributed by atoms with van der Waals surface area (Å²) in [6.07, 6.45) is 1.15. The highest BCUT2D eigenvalue weighted by Crippen LogP contribution is 2.24. The van der Waals surface area contributed by atoms with Gasteiger partial charge in [0.25, 0.3) is 0 Å². The Morgan fingerprint density at radius 3 is 1.93 bits per heavy atom. The molecule has 1 aromatic rings. The highest BCUT2D eigenvalue weighted by atomic mass is 28.3. The molecule has 15 heavy (non-hydrogen) atoms. The van der Waals surface area contributed by atoms with E-state index in [0.29, 0.717) is 5.75 Å². The third-order valence-corrected chi connectivity index (χ3v) is 4.46. The van der Waals surface area contributed by atoms with Gasteiger partial charge in [-0.15, -0.1) is 0 Å². The molecule has 1 aromatic carbocycles. The van der Waals surface area contributed by atoms with Crippen LogP contribution in [0.2, 0.25) is 25.7 Å². The van der Waals surface area contributed by atoms with Crippen LogP contribution < -0.4 is 0 Å². The Morgan fingerprint density at radius 1 is 1.07 bits per heavy atom. The zero-order chi connectivity index (χ0) is 11.6. The second kappa shape index (κ2) is 4.39. The van der Waals surface area contributed by atoms with Crippen molar-refractivity contribution < 1.29 is 5.11 Å². The first-order valence-electron chi connectivity index (χ1n) is 5.59. The number of rotatable bonds is 3. The summed E-state index contributed by atoms with van der Waals surface area (Å²) in [5, 5.41) is 9.67. The number of aryl methyl sites for hydroxylation is 3. The molecule has 0 aliphatic heterocycles. The zero-order valence-electron chi connectivity index (χ0n) is 10.5. The maximum atomic E-state index is 9.67. The fraction of sp³-hybridized carbons (Fsp3) is 0.538.